The van der Waals surface area contributed by atoms with Gasteiger partial charge in [0.1, 0.15) is 0 Å². The molecule has 0 heterocycles. The lowest BCUT2D eigenvalue weighted by Gasteiger charge is -2.21. The van der Waals surface area contributed by atoms with E-state index in [0.717, 1.165) is 5.56 Å². The summed E-state index contributed by atoms with van der Waals surface area (Å²) in [6.45, 7) is 7.69. The molecule has 120 valence electrons. The van der Waals surface area contributed by atoms with Gasteiger partial charge in [0, 0.05) is 11.2 Å². The number of hydrogen-bond acceptors (Lipinski definition) is 2. The van der Waals surface area contributed by atoms with Crippen molar-refractivity contribution in [2.24, 2.45) is 0 Å². The zero-order chi connectivity index (χ0) is 17.0. The fourth-order valence-corrected chi connectivity index (χ4v) is 2.12. The first-order valence-corrected chi connectivity index (χ1v) is 7.56. The monoisotopic (exact) mass is 310 g/mol. The molecule has 4 heteroatoms. The molecule has 2 aromatic carbocycles. The van der Waals surface area contributed by atoms with Crippen LogP contribution in [0.15, 0.2) is 48.5 Å². The van der Waals surface area contributed by atoms with Gasteiger partial charge in [-0.05, 0) is 52.0 Å². The molecule has 0 aliphatic rings. The van der Waals surface area contributed by atoms with Crippen molar-refractivity contribution in [2.45, 2.75) is 33.2 Å². The van der Waals surface area contributed by atoms with E-state index in [1.807, 2.05) is 52.0 Å². The van der Waals surface area contributed by atoms with Crippen molar-refractivity contribution in [1.82, 2.24) is 5.32 Å². The number of benzene rings is 2. The lowest BCUT2D eigenvalue weighted by Crippen LogP contribution is -2.41. The van der Waals surface area contributed by atoms with E-state index in [1.54, 1.807) is 24.3 Å². The number of anilines is 1. The third kappa shape index (κ3) is 4.68. The third-order valence-corrected chi connectivity index (χ3v) is 3.21. The first-order chi connectivity index (χ1) is 10.8. The van der Waals surface area contributed by atoms with Crippen LogP contribution in [0.2, 0.25) is 0 Å². The maximum absolute atomic E-state index is 12.5. The second kappa shape index (κ2) is 6.65. The summed E-state index contributed by atoms with van der Waals surface area (Å²) in [6.07, 6.45) is 0. The number of carbonyl (C=O) groups is 2. The van der Waals surface area contributed by atoms with Crippen molar-refractivity contribution in [3.05, 3.63) is 65.2 Å². The van der Waals surface area contributed by atoms with Crippen LogP contribution in [0, 0.1) is 6.92 Å². The standard InChI is InChI=1S/C19H22N2O2/c1-13-9-11-14(12-10-13)20-17(22)15-7-5-6-8-16(15)18(23)21-19(2,3)4/h5-12H,1-4H3,(H,20,22)(H,21,23). The Hall–Kier alpha value is -2.62. The van der Waals surface area contributed by atoms with Gasteiger partial charge >= 0.3 is 0 Å². The highest BCUT2D eigenvalue weighted by molar-refractivity contribution is 6.12. The van der Waals surface area contributed by atoms with E-state index in [9.17, 15) is 9.59 Å². The highest BCUT2D eigenvalue weighted by Crippen LogP contribution is 2.15. The smallest absolute Gasteiger partial charge is 0.256 e. The molecule has 0 bridgehead atoms. The number of nitrogens with one attached hydrogen (secondary N) is 2. The quantitative estimate of drug-likeness (QED) is 0.906. The van der Waals surface area contributed by atoms with Crippen LogP contribution in [-0.2, 0) is 0 Å². The molecule has 23 heavy (non-hydrogen) atoms. The predicted octanol–water partition coefficient (Wildman–Crippen LogP) is 3.78. The van der Waals surface area contributed by atoms with Gasteiger partial charge in [0.25, 0.3) is 11.8 Å². The zero-order valence-corrected chi connectivity index (χ0v) is 13.9. The van der Waals surface area contributed by atoms with E-state index < -0.39 is 0 Å². The van der Waals surface area contributed by atoms with Crippen LogP contribution in [0.1, 0.15) is 47.1 Å². The first-order valence-electron chi connectivity index (χ1n) is 7.56. The third-order valence-electron chi connectivity index (χ3n) is 3.21. The molecule has 0 aliphatic heterocycles. The topological polar surface area (TPSA) is 58.2 Å². The summed E-state index contributed by atoms with van der Waals surface area (Å²) >= 11 is 0. The summed E-state index contributed by atoms with van der Waals surface area (Å²) in [7, 11) is 0. The van der Waals surface area contributed by atoms with Gasteiger partial charge in [-0.15, -0.1) is 0 Å². The summed E-state index contributed by atoms with van der Waals surface area (Å²) in [4.78, 5) is 24.9. The lowest BCUT2D eigenvalue weighted by atomic mass is 10.0. The molecule has 0 atom stereocenters. The number of hydrogen-bond donors (Lipinski definition) is 2. The second-order valence-electron chi connectivity index (χ2n) is 6.57. The van der Waals surface area contributed by atoms with Crippen LogP contribution < -0.4 is 10.6 Å². The minimum Gasteiger partial charge on any atom is -0.347 e. The average molecular weight is 310 g/mol. The van der Waals surface area contributed by atoms with E-state index in [4.69, 9.17) is 0 Å². The molecule has 0 radical (unpaired) electrons. The van der Waals surface area contributed by atoms with Crippen LogP contribution in [0.5, 0.6) is 0 Å². The van der Waals surface area contributed by atoms with Crippen LogP contribution in [-0.4, -0.2) is 17.4 Å². The molecule has 2 rings (SSSR count). The summed E-state index contributed by atoms with van der Waals surface area (Å²) in [6, 6.07) is 14.3. The molecule has 4 nitrogen and oxygen atoms in total. The summed E-state index contributed by atoms with van der Waals surface area (Å²) in [5.41, 5.74) is 2.18. The van der Waals surface area contributed by atoms with E-state index >= 15 is 0 Å². The minimum absolute atomic E-state index is 0.257. The number of rotatable bonds is 3. The van der Waals surface area contributed by atoms with Crippen LogP contribution >= 0.6 is 0 Å². The molecule has 0 spiro atoms. The van der Waals surface area contributed by atoms with Gasteiger partial charge in [-0.25, -0.2) is 0 Å². The molecule has 0 saturated heterocycles. The van der Waals surface area contributed by atoms with Gasteiger partial charge in [-0.3, -0.25) is 9.59 Å². The zero-order valence-electron chi connectivity index (χ0n) is 13.9. The molecule has 0 saturated carbocycles. The summed E-state index contributed by atoms with van der Waals surface area (Å²) in [5.74, 6) is -0.555. The Bertz CT molecular complexity index is 713. The van der Waals surface area contributed by atoms with Crippen molar-refractivity contribution in [1.29, 1.82) is 0 Å². The Kier molecular flexibility index (Phi) is 4.84. The van der Waals surface area contributed by atoms with Gasteiger partial charge in [0.05, 0.1) is 11.1 Å². The van der Waals surface area contributed by atoms with E-state index in [0.29, 0.717) is 16.8 Å². The fraction of sp³-hybridized carbons (Fsp3) is 0.263. The highest BCUT2D eigenvalue weighted by Gasteiger charge is 2.20. The maximum Gasteiger partial charge on any atom is 0.256 e. The number of amides is 2. The molecular formula is C19H22N2O2. The van der Waals surface area contributed by atoms with Crippen LogP contribution in [0.4, 0.5) is 5.69 Å². The molecule has 2 N–H and O–H groups in total. The van der Waals surface area contributed by atoms with Crippen LogP contribution in [0.25, 0.3) is 0 Å². The second-order valence-corrected chi connectivity index (χ2v) is 6.57. The summed E-state index contributed by atoms with van der Waals surface area (Å²) < 4.78 is 0. The van der Waals surface area contributed by atoms with Crippen molar-refractivity contribution in [3.8, 4) is 0 Å². The van der Waals surface area contributed by atoms with E-state index in [1.165, 1.54) is 0 Å². The Morgan fingerprint density at radius 3 is 1.87 bits per heavy atom. The molecule has 0 aromatic heterocycles. The molecule has 2 amide bonds. The van der Waals surface area contributed by atoms with Crippen molar-refractivity contribution >= 4 is 17.5 Å². The summed E-state index contributed by atoms with van der Waals surface area (Å²) in [5, 5.41) is 5.71. The Balaban J connectivity index is 2.24. The molecule has 0 unspecified atom stereocenters. The number of aryl methyl sites for hydroxylation is 1. The maximum atomic E-state index is 12.5. The molecule has 2 aromatic rings. The predicted molar refractivity (Wildman–Crippen MR) is 92.8 cm³/mol. The largest absolute Gasteiger partial charge is 0.347 e. The van der Waals surface area contributed by atoms with Gasteiger partial charge in [0.2, 0.25) is 0 Å². The lowest BCUT2D eigenvalue weighted by molar-refractivity contribution is 0.0909. The SMILES string of the molecule is Cc1ccc(NC(=O)c2ccccc2C(=O)NC(C)(C)C)cc1. The Morgan fingerprint density at radius 1 is 0.826 bits per heavy atom. The van der Waals surface area contributed by atoms with Gasteiger partial charge in [0.15, 0.2) is 0 Å². The van der Waals surface area contributed by atoms with Gasteiger partial charge in [-0.2, -0.15) is 0 Å². The molecule has 0 fully saturated rings. The van der Waals surface area contributed by atoms with Gasteiger partial charge in [-0.1, -0.05) is 29.8 Å². The molecular weight excluding hydrogens is 288 g/mol. The Morgan fingerprint density at radius 2 is 1.35 bits per heavy atom. The normalized spacial score (nSPS) is 11.0. The van der Waals surface area contributed by atoms with Crippen molar-refractivity contribution in [2.75, 3.05) is 5.32 Å². The fourth-order valence-electron chi connectivity index (χ4n) is 2.12. The average Bonchev–Trinajstić information content (AvgIpc) is 2.48. The minimum atomic E-state index is -0.363. The van der Waals surface area contributed by atoms with Crippen molar-refractivity contribution in [3.63, 3.8) is 0 Å². The molecule has 0 aliphatic carbocycles. The van der Waals surface area contributed by atoms with E-state index in [-0.39, 0.29) is 17.4 Å². The van der Waals surface area contributed by atoms with Gasteiger partial charge < -0.3 is 10.6 Å². The first kappa shape index (κ1) is 16.7. The highest BCUT2D eigenvalue weighted by atomic mass is 16.2. The number of carbonyl (C=O) groups excluding carboxylic acids is 2. The van der Waals surface area contributed by atoms with Crippen LogP contribution in [0.3, 0.4) is 0 Å². The van der Waals surface area contributed by atoms with E-state index in [2.05, 4.69) is 10.6 Å². The van der Waals surface area contributed by atoms with Crippen molar-refractivity contribution < 1.29 is 9.59 Å². The Labute approximate surface area is 136 Å².